The summed E-state index contributed by atoms with van der Waals surface area (Å²) in [5.41, 5.74) is -0.722. The molecule has 0 bridgehead atoms. The first-order chi connectivity index (χ1) is 8.51. The quantitative estimate of drug-likeness (QED) is 0.856. The van der Waals surface area contributed by atoms with Gasteiger partial charge >= 0.3 is 5.69 Å². The van der Waals surface area contributed by atoms with Gasteiger partial charge in [0.1, 0.15) is 10.9 Å². The normalized spacial score (nSPS) is 10.4. The van der Waals surface area contributed by atoms with Crippen molar-refractivity contribution in [2.75, 3.05) is 7.11 Å². The molecule has 1 aromatic heterocycles. The molecule has 1 N–H and O–H groups in total. The van der Waals surface area contributed by atoms with Gasteiger partial charge in [-0.15, -0.1) is 0 Å². The molecule has 2 aromatic rings. The van der Waals surface area contributed by atoms with E-state index >= 15 is 0 Å². The Morgan fingerprint density at radius 1 is 1.28 bits per heavy atom. The maximum absolute atomic E-state index is 11.8. The smallest absolute Gasteiger partial charge is 0.334 e. The molecule has 5 nitrogen and oxygen atoms in total. The first-order valence-corrected chi connectivity index (χ1v) is 6.05. The Bertz CT molecular complexity index is 677. The molecular weight excluding hydrogens is 323 g/mol. The second-order valence-corrected chi connectivity index (χ2v) is 4.77. The van der Waals surface area contributed by atoms with Crippen LogP contribution in [0.4, 0.5) is 0 Å². The molecule has 1 aromatic carbocycles. The zero-order valence-electron chi connectivity index (χ0n) is 9.24. The lowest BCUT2D eigenvalue weighted by Crippen LogP contribution is -2.32. The third-order valence-corrected chi connectivity index (χ3v) is 2.91. The van der Waals surface area contributed by atoms with Crippen LogP contribution in [-0.2, 0) is 0 Å². The molecule has 0 spiro atoms. The number of ether oxygens (including phenoxy) is 1. The van der Waals surface area contributed by atoms with Crippen molar-refractivity contribution in [3.63, 3.8) is 0 Å². The largest absolute Gasteiger partial charge is 0.497 e. The van der Waals surface area contributed by atoms with Crippen molar-refractivity contribution < 1.29 is 4.74 Å². The fourth-order valence-electron chi connectivity index (χ4n) is 1.51. The summed E-state index contributed by atoms with van der Waals surface area (Å²) in [7, 11) is 1.50. The Labute approximate surface area is 115 Å². The van der Waals surface area contributed by atoms with E-state index in [4.69, 9.17) is 16.3 Å². The van der Waals surface area contributed by atoms with Gasteiger partial charge in [-0.2, -0.15) is 0 Å². The number of halogens is 2. The zero-order valence-corrected chi connectivity index (χ0v) is 11.6. The molecule has 0 radical (unpaired) electrons. The average Bonchev–Trinajstić information content (AvgIpc) is 2.26. The van der Waals surface area contributed by atoms with Gasteiger partial charge in [-0.25, -0.2) is 9.36 Å². The molecule has 18 heavy (non-hydrogen) atoms. The highest BCUT2D eigenvalue weighted by Gasteiger charge is 2.08. The Morgan fingerprint density at radius 3 is 2.61 bits per heavy atom. The Balaban J connectivity index is 2.73. The van der Waals surface area contributed by atoms with Crippen molar-refractivity contribution in [3.8, 4) is 11.4 Å². The van der Waals surface area contributed by atoms with Gasteiger partial charge in [-0.05, 0) is 12.1 Å². The van der Waals surface area contributed by atoms with E-state index in [9.17, 15) is 9.59 Å². The predicted octanol–water partition coefficient (Wildman–Crippen LogP) is 1.95. The molecule has 0 aliphatic carbocycles. The average molecular weight is 332 g/mol. The van der Waals surface area contributed by atoms with Gasteiger partial charge in [-0.1, -0.05) is 27.5 Å². The highest BCUT2D eigenvalue weighted by Crippen LogP contribution is 2.22. The van der Waals surface area contributed by atoms with Crippen molar-refractivity contribution in [2.24, 2.45) is 0 Å². The summed E-state index contributed by atoms with van der Waals surface area (Å²) in [5.74, 6) is 0.528. The Kier molecular flexibility index (Phi) is 3.58. The third-order valence-electron chi connectivity index (χ3n) is 2.25. The fraction of sp³-hybridized carbons (Fsp3) is 0.0909. The van der Waals surface area contributed by atoms with E-state index in [0.717, 1.165) is 10.6 Å². The van der Waals surface area contributed by atoms with Crippen molar-refractivity contribution in [1.29, 1.82) is 0 Å². The molecule has 1 heterocycles. The molecule has 0 unspecified atom stereocenters. The van der Waals surface area contributed by atoms with Crippen molar-refractivity contribution in [2.45, 2.75) is 0 Å². The number of nitrogens with one attached hydrogen (secondary N) is 1. The van der Waals surface area contributed by atoms with Crippen LogP contribution in [-0.4, -0.2) is 16.7 Å². The van der Waals surface area contributed by atoms with Crippen molar-refractivity contribution >= 4 is 27.5 Å². The summed E-state index contributed by atoms with van der Waals surface area (Å²) in [6, 6.07) is 6.07. The number of aromatic amines is 1. The number of methoxy groups -OCH3 is 1. The summed E-state index contributed by atoms with van der Waals surface area (Å²) < 4.78 is 6.74. The van der Waals surface area contributed by atoms with Crippen molar-refractivity contribution in [1.82, 2.24) is 9.55 Å². The maximum atomic E-state index is 11.8. The van der Waals surface area contributed by atoms with E-state index in [1.807, 2.05) is 0 Å². The van der Waals surface area contributed by atoms with Crippen LogP contribution in [0.15, 0.2) is 38.3 Å². The molecule has 0 saturated carbocycles. The predicted molar refractivity (Wildman–Crippen MR) is 71.9 cm³/mol. The van der Waals surface area contributed by atoms with Gasteiger partial charge in [0.05, 0.1) is 12.8 Å². The second-order valence-electron chi connectivity index (χ2n) is 3.45. The first kappa shape index (κ1) is 12.9. The highest BCUT2D eigenvalue weighted by molar-refractivity contribution is 9.10. The summed E-state index contributed by atoms with van der Waals surface area (Å²) in [5, 5.41) is 0.00297. The standard InChI is InChI=1S/C11H8BrClN2O3/c1-18-8-3-6(12)2-7(4-8)15-10(16)5-9(13)14-11(15)17/h2-5H,1H3,(H,14,17). The number of H-pyrrole nitrogens is 1. The molecular formula is C11H8BrClN2O3. The lowest BCUT2D eigenvalue weighted by Gasteiger charge is -2.07. The number of nitrogens with zero attached hydrogens (tertiary/aromatic N) is 1. The molecule has 0 atom stereocenters. The third kappa shape index (κ3) is 2.49. The van der Waals surface area contributed by atoms with Gasteiger partial charge in [0.15, 0.2) is 0 Å². The van der Waals surface area contributed by atoms with Crippen LogP contribution in [0.1, 0.15) is 0 Å². The minimum Gasteiger partial charge on any atom is -0.497 e. The zero-order chi connectivity index (χ0) is 13.3. The molecule has 0 aliphatic rings. The van der Waals surface area contributed by atoms with E-state index in [0.29, 0.717) is 15.9 Å². The molecule has 0 amide bonds. The summed E-state index contributed by atoms with van der Waals surface area (Å²) in [6.45, 7) is 0. The monoisotopic (exact) mass is 330 g/mol. The van der Waals surface area contributed by atoms with Crippen LogP contribution in [0.25, 0.3) is 5.69 Å². The molecule has 0 aliphatic heterocycles. The van der Waals surface area contributed by atoms with Crippen LogP contribution in [0.2, 0.25) is 5.15 Å². The van der Waals surface area contributed by atoms with E-state index in [-0.39, 0.29) is 5.15 Å². The van der Waals surface area contributed by atoms with Gasteiger partial charge in [0.2, 0.25) is 0 Å². The lowest BCUT2D eigenvalue weighted by atomic mass is 10.3. The van der Waals surface area contributed by atoms with Crippen LogP contribution < -0.4 is 16.0 Å². The highest BCUT2D eigenvalue weighted by atomic mass is 79.9. The number of aromatic nitrogens is 2. The summed E-state index contributed by atoms with van der Waals surface area (Å²) in [4.78, 5) is 25.9. The van der Waals surface area contributed by atoms with Gasteiger partial charge in [0, 0.05) is 16.6 Å². The molecule has 0 fully saturated rings. The van der Waals surface area contributed by atoms with E-state index < -0.39 is 11.2 Å². The fourth-order valence-corrected chi connectivity index (χ4v) is 2.14. The van der Waals surface area contributed by atoms with E-state index in [2.05, 4.69) is 20.9 Å². The van der Waals surface area contributed by atoms with Crippen LogP contribution in [0.3, 0.4) is 0 Å². The number of rotatable bonds is 2. The summed E-state index contributed by atoms with van der Waals surface area (Å²) in [6.07, 6.45) is 0. The molecule has 0 saturated heterocycles. The lowest BCUT2D eigenvalue weighted by molar-refractivity contribution is 0.414. The second kappa shape index (κ2) is 4.99. The van der Waals surface area contributed by atoms with Gasteiger partial charge < -0.3 is 4.74 Å². The summed E-state index contributed by atoms with van der Waals surface area (Å²) >= 11 is 8.88. The topological polar surface area (TPSA) is 64.1 Å². The number of benzene rings is 1. The minimum atomic E-state index is -0.604. The van der Waals surface area contributed by atoms with Crippen LogP contribution in [0.5, 0.6) is 5.75 Å². The Hall–Kier alpha value is -1.53. The SMILES string of the molecule is COc1cc(Br)cc(-n2c(=O)cc(Cl)[nH]c2=O)c1. The van der Waals surface area contributed by atoms with E-state index in [1.165, 1.54) is 7.11 Å². The van der Waals surface area contributed by atoms with Crippen LogP contribution >= 0.6 is 27.5 Å². The van der Waals surface area contributed by atoms with E-state index in [1.54, 1.807) is 18.2 Å². The van der Waals surface area contributed by atoms with Gasteiger partial charge in [0.25, 0.3) is 5.56 Å². The first-order valence-electron chi connectivity index (χ1n) is 4.88. The van der Waals surface area contributed by atoms with Crippen LogP contribution in [0, 0.1) is 0 Å². The Morgan fingerprint density at radius 2 is 2.00 bits per heavy atom. The minimum absolute atomic E-state index is 0.00297. The maximum Gasteiger partial charge on any atom is 0.334 e. The molecule has 94 valence electrons. The van der Waals surface area contributed by atoms with Gasteiger partial charge in [-0.3, -0.25) is 9.78 Å². The molecule has 2 rings (SSSR count). The molecule has 7 heteroatoms. The van der Waals surface area contributed by atoms with Crippen molar-refractivity contribution in [3.05, 3.63) is 54.7 Å². The number of hydrogen-bond acceptors (Lipinski definition) is 3. The number of hydrogen-bond donors (Lipinski definition) is 1.